The van der Waals surface area contributed by atoms with Crippen LogP contribution in [-0.2, 0) is 19.1 Å². The molecule has 2 fully saturated rings. The third-order valence-electron chi connectivity index (χ3n) is 9.18. The van der Waals surface area contributed by atoms with Gasteiger partial charge in [-0.15, -0.1) is 11.3 Å². The minimum absolute atomic E-state index is 0.136. The average molecular weight is 649 g/mol. The monoisotopic (exact) mass is 648 g/mol. The number of carboxylic acid groups (broad SMARTS) is 1. The Kier molecular flexibility index (Phi) is 8.77. The molecule has 3 aromatic rings. The fourth-order valence-corrected chi connectivity index (χ4v) is 7.26. The Bertz CT molecular complexity index is 1700. The fraction of sp³-hybridized carbons (Fsp3) is 0.500. The highest BCUT2D eigenvalue weighted by Gasteiger charge is 2.61. The van der Waals surface area contributed by atoms with Crippen molar-refractivity contribution in [3.63, 3.8) is 0 Å². The second kappa shape index (κ2) is 12.6. The van der Waals surface area contributed by atoms with Crippen molar-refractivity contribution in [2.24, 2.45) is 5.92 Å². The first kappa shape index (κ1) is 31.9. The van der Waals surface area contributed by atoms with Crippen LogP contribution < -0.4 is 14.8 Å². The number of pyridine rings is 1. The van der Waals surface area contributed by atoms with Crippen LogP contribution in [0.4, 0.5) is 0 Å². The molecule has 2 aromatic heterocycles. The van der Waals surface area contributed by atoms with Crippen LogP contribution in [0, 0.1) is 12.8 Å². The number of nitrogens with one attached hydrogen (secondary N) is 1. The van der Waals surface area contributed by atoms with Gasteiger partial charge in [0.2, 0.25) is 5.91 Å². The van der Waals surface area contributed by atoms with Gasteiger partial charge in [-0.05, 0) is 51.2 Å². The van der Waals surface area contributed by atoms with Gasteiger partial charge in [-0.1, -0.05) is 26.0 Å². The standard InChI is InChI=1S/C34H40N4O7S/c1-18(2)25-17-46-31(36-25)24-14-28(23-10-11-27(43-5)19(3)29(23)35-24)45-22-13-26-30(39)37-34(33(41)42)15-21(34)9-7-6-8-12-44-20(4)32(40)38(26)16-22/h7,9-11,14,17-18,20-22,26H,6,8,12-13,15-16H2,1-5H3,(H,37,39)(H,41,42)/b9-7-/t20-,21-,22-,26+,34-/m1/s1. The zero-order chi connectivity index (χ0) is 32.7. The van der Waals surface area contributed by atoms with Gasteiger partial charge >= 0.3 is 5.97 Å². The topological polar surface area (TPSA) is 140 Å². The van der Waals surface area contributed by atoms with Gasteiger partial charge in [0, 0.05) is 41.3 Å². The fourth-order valence-electron chi connectivity index (χ4n) is 6.32. The smallest absolute Gasteiger partial charge is 0.330 e. The van der Waals surface area contributed by atoms with E-state index in [4.69, 9.17) is 24.2 Å². The molecule has 11 nitrogen and oxygen atoms in total. The van der Waals surface area contributed by atoms with E-state index >= 15 is 0 Å². The van der Waals surface area contributed by atoms with Crippen molar-refractivity contribution in [2.45, 2.75) is 83.1 Å². The average Bonchev–Trinajstić information content (AvgIpc) is 3.33. The molecule has 2 aliphatic heterocycles. The molecule has 5 atom stereocenters. The number of allylic oxidation sites excluding steroid dienone is 1. The number of hydrogen-bond acceptors (Lipinski definition) is 9. The van der Waals surface area contributed by atoms with Crippen LogP contribution in [0.25, 0.3) is 21.6 Å². The van der Waals surface area contributed by atoms with Gasteiger partial charge in [-0.25, -0.2) is 14.8 Å². The summed E-state index contributed by atoms with van der Waals surface area (Å²) in [7, 11) is 1.62. The highest BCUT2D eigenvalue weighted by atomic mass is 32.1. The third-order valence-corrected chi connectivity index (χ3v) is 10.1. The number of aromatic nitrogens is 2. The molecular formula is C34H40N4O7S. The minimum atomic E-state index is -1.37. The van der Waals surface area contributed by atoms with Gasteiger partial charge in [-0.2, -0.15) is 0 Å². The summed E-state index contributed by atoms with van der Waals surface area (Å²) in [6.07, 6.45) is 4.34. The SMILES string of the molecule is COc1ccc2c(O[C@@H]3C[C@H]4C(=O)N[C@]5(C(=O)O)C[C@H]5/C=C\CCCO[C@H](C)C(=O)N4C3)cc(-c3nc(C(C)C)cs3)nc2c1C. The second-order valence-corrected chi connectivity index (χ2v) is 13.5. The van der Waals surface area contributed by atoms with E-state index in [0.29, 0.717) is 48.6 Å². The van der Waals surface area contributed by atoms with E-state index in [1.165, 1.54) is 16.2 Å². The van der Waals surface area contributed by atoms with Crippen molar-refractivity contribution in [1.82, 2.24) is 20.2 Å². The normalized spacial score (nSPS) is 27.5. The maximum Gasteiger partial charge on any atom is 0.330 e. The molecule has 2 amide bonds. The number of nitrogens with zero attached hydrogens (tertiary/aromatic N) is 3. The molecule has 1 saturated carbocycles. The first-order valence-electron chi connectivity index (χ1n) is 15.8. The number of fused-ring (bicyclic) bond motifs is 3. The lowest BCUT2D eigenvalue weighted by molar-refractivity contribution is -0.149. The molecule has 0 spiro atoms. The Morgan fingerprint density at radius 2 is 2.04 bits per heavy atom. The summed E-state index contributed by atoms with van der Waals surface area (Å²) in [5, 5.41) is 16.4. The van der Waals surface area contributed by atoms with Gasteiger partial charge < -0.3 is 29.5 Å². The summed E-state index contributed by atoms with van der Waals surface area (Å²) >= 11 is 1.51. The van der Waals surface area contributed by atoms with Gasteiger partial charge in [-0.3, -0.25) is 9.59 Å². The van der Waals surface area contributed by atoms with Crippen LogP contribution in [0.3, 0.4) is 0 Å². The van der Waals surface area contributed by atoms with E-state index in [-0.39, 0.29) is 30.7 Å². The Morgan fingerprint density at radius 3 is 2.76 bits per heavy atom. The molecule has 12 heteroatoms. The molecule has 46 heavy (non-hydrogen) atoms. The van der Waals surface area contributed by atoms with Gasteiger partial charge in [0.25, 0.3) is 5.91 Å². The number of carbonyl (C=O) groups is 3. The van der Waals surface area contributed by atoms with Crippen molar-refractivity contribution in [1.29, 1.82) is 0 Å². The van der Waals surface area contributed by atoms with Crippen LogP contribution in [-0.4, -0.2) is 81.8 Å². The van der Waals surface area contributed by atoms with E-state index in [2.05, 4.69) is 19.2 Å². The summed E-state index contributed by atoms with van der Waals surface area (Å²) in [5.41, 5.74) is 1.81. The third kappa shape index (κ3) is 5.95. The van der Waals surface area contributed by atoms with Crippen LogP contribution in [0.2, 0.25) is 0 Å². The molecule has 1 aromatic carbocycles. The predicted octanol–water partition coefficient (Wildman–Crippen LogP) is 4.86. The van der Waals surface area contributed by atoms with Crippen molar-refractivity contribution in [3.8, 4) is 22.2 Å². The number of amides is 2. The number of aliphatic carboxylic acids is 1. The van der Waals surface area contributed by atoms with Crippen molar-refractivity contribution < 1.29 is 33.7 Å². The number of hydrogen-bond donors (Lipinski definition) is 2. The van der Waals surface area contributed by atoms with E-state index in [0.717, 1.165) is 21.7 Å². The summed E-state index contributed by atoms with van der Waals surface area (Å²) in [6, 6.07) is 4.70. The Hall–Kier alpha value is -4.03. The summed E-state index contributed by atoms with van der Waals surface area (Å²) in [6.45, 7) is 8.32. The molecule has 3 aliphatic rings. The van der Waals surface area contributed by atoms with Gasteiger partial charge in [0.05, 0.1) is 24.9 Å². The first-order valence-corrected chi connectivity index (χ1v) is 16.6. The van der Waals surface area contributed by atoms with Gasteiger partial charge in [0.1, 0.15) is 46.0 Å². The Morgan fingerprint density at radius 1 is 1.24 bits per heavy atom. The quantitative estimate of drug-likeness (QED) is 0.359. The van der Waals surface area contributed by atoms with Crippen LogP contribution >= 0.6 is 11.3 Å². The lowest BCUT2D eigenvalue weighted by Gasteiger charge is -2.28. The lowest BCUT2D eigenvalue weighted by Crippen LogP contribution is -2.54. The van der Waals surface area contributed by atoms with E-state index in [9.17, 15) is 19.5 Å². The zero-order valence-electron chi connectivity index (χ0n) is 26.7. The molecule has 6 rings (SSSR count). The molecule has 1 saturated heterocycles. The Labute approximate surface area is 272 Å². The summed E-state index contributed by atoms with van der Waals surface area (Å²) in [5.74, 6) is -0.717. The number of carbonyl (C=O) groups excluding carboxylic acids is 2. The van der Waals surface area contributed by atoms with Crippen molar-refractivity contribution in [3.05, 3.63) is 47.0 Å². The van der Waals surface area contributed by atoms with Crippen molar-refractivity contribution in [2.75, 3.05) is 20.3 Å². The minimum Gasteiger partial charge on any atom is -0.496 e. The first-order chi connectivity index (χ1) is 22.0. The summed E-state index contributed by atoms with van der Waals surface area (Å²) < 4.78 is 18.1. The molecular weight excluding hydrogens is 608 g/mol. The molecule has 4 heterocycles. The molecule has 0 radical (unpaired) electrons. The maximum absolute atomic E-state index is 13.8. The molecule has 244 valence electrons. The lowest BCUT2D eigenvalue weighted by atomic mass is 10.1. The van der Waals surface area contributed by atoms with E-state index in [1.54, 1.807) is 14.0 Å². The van der Waals surface area contributed by atoms with E-state index in [1.807, 2.05) is 42.7 Å². The zero-order valence-corrected chi connectivity index (χ0v) is 27.6. The number of thiazole rings is 1. The number of carboxylic acids is 1. The largest absolute Gasteiger partial charge is 0.496 e. The second-order valence-electron chi connectivity index (χ2n) is 12.7. The van der Waals surface area contributed by atoms with Crippen LogP contribution in [0.1, 0.15) is 63.6 Å². The number of rotatable bonds is 6. The highest BCUT2D eigenvalue weighted by molar-refractivity contribution is 7.13. The van der Waals surface area contributed by atoms with Crippen molar-refractivity contribution >= 4 is 40.0 Å². The van der Waals surface area contributed by atoms with E-state index < -0.39 is 35.7 Å². The predicted molar refractivity (Wildman–Crippen MR) is 173 cm³/mol. The maximum atomic E-state index is 13.8. The molecule has 2 N–H and O–H groups in total. The molecule has 0 unspecified atom stereocenters. The summed E-state index contributed by atoms with van der Waals surface area (Å²) in [4.78, 5) is 51.0. The molecule has 1 aliphatic carbocycles. The number of aryl methyl sites for hydroxylation is 1. The van der Waals surface area contributed by atoms with Gasteiger partial charge in [0.15, 0.2) is 0 Å². The number of benzene rings is 1. The van der Waals surface area contributed by atoms with Crippen LogP contribution in [0.5, 0.6) is 11.5 Å². The number of ether oxygens (including phenoxy) is 3. The van der Waals surface area contributed by atoms with Crippen LogP contribution in [0.15, 0.2) is 35.7 Å². The number of methoxy groups -OCH3 is 1. The Balaban J connectivity index is 1.35. The molecule has 0 bridgehead atoms. The highest BCUT2D eigenvalue weighted by Crippen LogP contribution is 2.45.